The Bertz CT molecular complexity index is 385. The largest absolute Gasteiger partial charge is 0.476 e. The van der Waals surface area contributed by atoms with Gasteiger partial charge in [0, 0.05) is 6.54 Å². The van der Waals surface area contributed by atoms with Gasteiger partial charge < -0.3 is 20.5 Å². The van der Waals surface area contributed by atoms with Crippen LogP contribution in [0.3, 0.4) is 0 Å². The summed E-state index contributed by atoms with van der Waals surface area (Å²) in [4.78, 5) is 8.09. The molecule has 19 heavy (non-hydrogen) atoms. The predicted molar refractivity (Wildman–Crippen MR) is 76.4 cm³/mol. The van der Waals surface area contributed by atoms with Crippen molar-refractivity contribution >= 4 is 11.5 Å². The molecule has 0 unspecified atom stereocenters. The fourth-order valence-corrected chi connectivity index (χ4v) is 1.34. The maximum absolute atomic E-state index is 5.92. The zero-order valence-corrected chi connectivity index (χ0v) is 11.4. The topological polar surface area (TPSA) is 82.3 Å². The summed E-state index contributed by atoms with van der Waals surface area (Å²) >= 11 is 0. The van der Waals surface area contributed by atoms with Crippen LogP contribution in [0.2, 0.25) is 0 Å². The summed E-state index contributed by atoms with van der Waals surface area (Å²) in [6.45, 7) is 8.13. The van der Waals surface area contributed by atoms with E-state index < -0.39 is 0 Å². The molecule has 0 amide bonds. The monoisotopic (exact) mass is 266 g/mol. The minimum atomic E-state index is 0.423. The molecule has 0 aliphatic rings. The number of anilines is 2. The van der Waals surface area contributed by atoms with Crippen molar-refractivity contribution in [3.63, 3.8) is 0 Å². The van der Waals surface area contributed by atoms with E-state index in [1.807, 2.05) is 13.0 Å². The molecule has 0 fully saturated rings. The van der Waals surface area contributed by atoms with Crippen LogP contribution in [0.4, 0.5) is 11.5 Å². The van der Waals surface area contributed by atoms with Crippen molar-refractivity contribution in [3.05, 3.63) is 19.0 Å². The number of rotatable bonds is 10. The summed E-state index contributed by atoms with van der Waals surface area (Å²) in [5.41, 5.74) is 6.35. The van der Waals surface area contributed by atoms with Crippen molar-refractivity contribution in [2.75, 3.05) is 37.4 Å². The number of nitrogen functional groups attached to an aromatic ring is 1. The summed E-state index contributed by atoms with van der Waals surface area (Å²) < 4.78 is 10.8. The van der Waals surface area contributed by atoms with Crippen LogP contribution in [-0.2, 0) is 4.74 Å². The fraction of sp³-hybridized carbons (Fsp3) is 0.538. The summed E-state index contributed by atoms with van der Waals surface area (Å²) in [5.74, 6) is 1.00. The number of hydrogen-bond donors (Lipinski definition) is 2. The Labute approximate surface area is 114 Å². The number of hydrogen-bond acceptors (Lipinski definition) is 6. The zero-order valence-electron chi connectivity index (χ0n) is 11.4. The molecule has 0 atom stereocenters. The van der Waals surface area contributed by atoms with Gasteiger partial charge in [-0.25, -0.2) is 4.98 Å². The van der Waals surface area contributed by atoms with Crippen LogP contribution >= 0.6 is 0 Å². The minimum absolute atomic E-state index is 0.423. The van der Waals surface area contributed by atoms with E-state index in [4.69, 9.17) is 15.2 Å². The first-order valence-corrected chi connectivity index (χ1v) is 6.45. The second-order valence-corrected chi connectivity index (χ2v) is 3.91. The van der Waals surface area contributed by atoms with Gasteiger partial charge in [-0.15, -0.1) is 6.58 Å². The van der Waals surface area contributed by atoms with Gasteiger partial charge >= 0.3 is 0 Å². The van der Waals surface area contributed by atoms with Gasteiger partial charge in [-0.3, -0.25) is 0 Å². The molecule has 0 aliphatic carbocycles. The number of nitrogens with zero attached hydrogens (tertiary/aromatic N) is 2. The lowest BCUT2D eigenvalue weighted by atomic mass is 10.4. The standard InChI is InChI=1S/C13H22N4O2/c1-3-5-8-18-9-6-15-12-11(14)13(17-10-16-12)19-7-4-2/h3,10H,1,4-9,14H2,2H3,(H,15,16,17). The average Bonchev–Trinajstić information content (AvgIpc) is 2.43. The molecule has 1 rings (SSSR count). The highest BCUT2D eigenvalue weighted by molar-refractivity contribution is 5.66. The average molecular weight is 266 g/mol. The number of nitrogens with two attached hydrogens (primary N) is 1. The van der Waals surface area contributed by atoms with Crippen LogP contribution in [0.15, 0.2) is 19.0 Å². The van der Waals surface area contributed by atoms with Crippen LogP contribution in [0.5, 0.6) is 5.88 Å². The second-order valence-electron chi connectivity index (χ2n) is 3.91. The summed E-state index contributed by atoms with van der Waals surface area (Å²) in [6.07, 6.45) is 5.02. The van der Waals surface area contributed by atoms with Crippen LogP contribution < -0.4 is 15.8 Å². The molecule has 1 aromatic heterocycles. The Morgan fingerprint density at radius 1 is 1.37 bits per heavy atom. The molecule has 1 aromatic rings. The predicted octanol–water partition coefficient (Wildman–Crippen LogP) is 1.85. The van der Waals surface area contributed by atoms with Gasteiger partial charge in [0.05, 0.1) is 19.8 Å². The second kappa shape index (κ2) is 9.16. The van der Waals surface area contributed by atoms with Crippen LogP contribution in [0.1, 0.15) is 19.8 Å². The van der Waals surface area contributed by atoms with Crippen molar-refractivity contribution in [1.82, 2.24) is 9.97 Å². The Morgan fingerprint density at radius 2 is 2.21 bits per heavy atom. The van der Waals surface area contributed by atoms with Crippen LogP contribution in [0.25, 0.3) is 0 Å². The van der Waals surface area contributed by atoms with E-state index in [1.165, 1.54) is 6.33 Å². The highest BCUT2D eigenvalue weighted by Gasteiger charge is 2.08. The van der Waals surface area contributed by atoms with E-state index in [0.29, 0.717) is 43.8 Å². The quantitative estimate of drug-likeness (QED) is 0.497. The smallest absolute Gasteiger partial charge is 0.242 e. The zero-order chi connectivity index (χ0) is 13.9. The van der Waals surface area contributed by atoms with Crippen molar-refractivity contribution in [3.8, 4) is 5.88 Å². The van der Waals surface area contributed by atoms with E-state index in [2.05, 4.69) is 21.9 Å². The van der Waals surface area contributed by atoms with Crippen LogP contribution in [0, 0.1) is 0 Å². The van der Waals surface area contributed by atoms with Crippen molar-refractivity contribution in [2.24, 2.45) is 0 Å². The molecule has 0 radical (unpaired) electrons. The lowest BCUT2D eigenvalue weighted by molar-refractivity contribution is 0.149. The number of nitrogens with one attached hydrogen (secondary N) is 1. The van der Waals surface area contributed by atoms with Crippen LogP contribution in [-0.4, -0.2) is 36.3 Å². The molecule has 0 saturated carbocycles. The van der Waals surface area contributed by atoms with Crippen molar-refractivity contribution in [2.45, 2.75) is 19.8 Å². The third-order valence-electron chi connectivity index (χ3n) is 2.30. The highest BCUT2D eigenvalue weighted by Crippen LogP contribution is 2.24. The first kappa shape index (κ1) is 15.2. The molecular formula is C13H22N4O2. The van der Waals surface area contributed by atoms with Gasteiger partial charge in [0.25, 0.3) is 0 Å². The maximum Gasteiger partial charge on any atom is 0.242 e. The Balaban J connectivity index is 2.38. The molecule has 1 heterocycles. The minimum Gasteiger partial charge on any atom is -0.476 e. The molecular weight excluding hydrogens is 244 g/mol. The molecule has 3 N–H and O–H groups in total. The fourth-order valence-electron chi connectivity index (χ4n) is 1.34. The summed E-state index contributed by atoms with van der Waals surface area (Å²) in [7, 11) is 0. The molecule has 0 saturated heterocycles. The lowest BCUT2D eigenvalue weighted by Crippen LogP contribution is -2.13. The Kier molecular flexibility index (Phi) is 7.34. The van der Waals surface area contributed by atoms with Crippen molar-refractivity contribution in [1.29, 1.82) is 0 Å². The van der Waals surface area contributed by atoms with E-state index >= 15 is 0 Å². The Morgan fingerprint density at radius 3 is 2.95 bits per heavy atom. The van der Waals surface area contributed by atoms with Gasteiger partial charge in [-0.1, -0.05) is 13.0 Å². The normalized spacial score (nSPS) is 10.2. The van der Waals surface area contributed by atoms with E-state index in [9.17, 15) is 0 Å². The maximum atomic E-state index is 5.92. The number of ether oxygens (including phenoxy) is 2. The van der Waals surface area contributed by atoms with E-state index in [-0.39, 0.29) is 0 Å². The molecule has 0 bridgehead atoms. The first-order chi connectivity index (χ1) is 9.29. The highest BCUT2D eigenvalue weighted by atomic mass is 16.5. The molecule has 0 spiro atoms. The molecule has 6 nitrogen and oxygen atoms in total. The molecule has 106 valence electrons. The van der Waals surface area contributed by atoms with Crippen molar-refractivity contribution < 1.29 is 9.47 Å². The van der Waals surface area contributed by atoms with E-state index in [1.54, 1.807) is 0 Å². The third-order valence-corrected chi connectivity index (χ3v) is 2.30. The first-order valence-electron chi connectivity index (χ1n) is 6.45. The lowest BCUT2D eigenvalue weighted by Gasteiger charge is -2.11. The van der Waals surface area contributed by atoms with Gasteiger partial charge in [-0.2, -0.15) is 4.98 Å². The van der Waals surface area contributed by atoms with Gasteiger partial charge in [0.2, 0.25) is 5.88 Å². The molecule has 6 heteroatoms. The number of aromatic nitrogens is 2. The van der Waals surface area contributed by atoms with Gasteiger partial charge in [0.1, 0.15) is 12.0 Å². The van der Waals surface area contributed by atoms with E-state index in [0.717, 1.165) is 12.8 Å². The molecule has 0 aliphatic heterocycles. The van der Waals surface area contributed by atoms with Gasteiger partial charge in [0.15, 0.2) is 5.82 Å². The molecule has 0 aromatic carbocycles. The summed E-state index contributed by atoms with van der Waals surface area (Å²) in [5, 5.41) is 3.10. The summed E-state index contributed by atoms with van der Waals surface area (Å²) in [6, 6.07) is 0. The SMILES string of the molecule is C=CCCOCCNc1ncnc(OCCC)c1N. The Hall–Kier alpha value is -1.82. The van der Waals surface area contributed by atoms with Gasteiger partial charge in [-0.05, 0) is 12.8 Å². The third kappa shape index (κ3) is 5.56.